The number of nitro benzene ring substituents is 1. The Hall–Kier alpha value is -1.38. The monoisotopic (exact) mass is 349 g/mol. The van der Waals surface area contributed by atoms with Gasteiger partial charge in [-0.25, -0.2) is 0 Å². The maximum Gasteiger partial charge on any atom is 0.278 e. The third-order valence-electron chi connectivity index (χ3n) is 2.44. The Morgan fingerprint density at radius 3 is 2.60 bits per heavy atom. The van der Waals surface area contributed by atoms with Gasteiger partial charge in [-0.15, -0.1) is 0 Å². The highest BCUT2D eigenvalue weighted by atomic mass is 79.9. The number of aliphatic hydroxyl groups is 1. The maximum absolute atomic E-state index is 10.9. The molecular formula is C12H16BrNO6. The SMILES string of the molecule is COc1cc(CO)c([N+](=O)[O-])cc1OCCOCCBr. The summed E-state index contributed by atoms with van der Waals surface area (Å²) in [6.07, 6.45) is 0. The van der Waals surface area contributed by atoms with Gasteiger partial charge in [-0.05, 0) is 6.07 Å². The highest BCUT2D eigenvalue weighted by Crippen LogP contribution is 2.34. The first-order valence-electron chi connectivity index (χ1n) is 5.86. The third kappa shape index (κ3) is 4.62. The molecule has 20 heavy (non-hydrogen) atoms. The van der Waals surface area contributed by atoms with Crippen LogP contribution in [0.15, 0.2) is 12.1 Å². The molecule has 0 spiro atoms. The quantitative estimate of drug-likeness (QED) is 0.317. The number of alkyl halides is 1. The van der Waals surface area contributed by atoms with Crippen LogP contribution in [-0.4, -0.2) is 42.3 Å². The normalized spacial score (nSPS) is 10.3. The molecule has 0 aliphatic heterocycles. The van der Waals surface area contributed by atoms with Gasteiger partial charge < -0.3 is 19.3 Å². The Balaban J connectivity index is 2.82. The predicted octanol–water partition coefficient (Wildman–Crippen LogP) is 1.89. The molecular weight excluding hydrogens is 334 g/mol. The summed E-state index contributed by atoms with van der Waals surface area (Å²) in [5.41, 5.74) is -0.0283. The number of ether oxygens (including phenoxy) is 3. The van der Waals surface area contributed by atoms with E-state index in [0.717, 1.165) is 5.33 Å². The molecule has 0 atom stereocenters. The minimum absolute atomic E-state index is 0.176. The van der Waals surface area contributed by atoms with E-state index in [1.807, 2.05) is 0 Å². The van der Waals surface area contributed by atoms with Gasteiger partial charge in [0.15, 0.2) is 11.5 Å². The summed E-state index contributed by atoms with van der Waals surface area (Å²) in [6, 6.07) is 2.64. The average Bonchev–Trinajstić information content (AvgIpc) is 2.46. The molecule has 0 radical (unpaired) electrons. The van der Waals surface area contributed by atoms with Crippen LogP contribution in [0.4, 0.5) is 5.69 Å². The second kappa shape index (κ2) is 8.72. The molecule has 0 aliphatic rings. The molecule has 112 valence electrons. The zero-order valence-corrected chi connectivity index (χ0v) is 12.6. The molecule has 7 nitrogen and oxygen atoms in total. The average molecular weight is 350 g/mol. The van der Waals surface area contributed by atoms with Crippen molar-refractivity contribution in [3.8, 4) is 11.5 Å². The fourth-order valence-electron chi connectivity index (χ4n) is 1.53. The van der Waals surface area contributed by atoms with Crippen LogP contribution in [0.1, 0.15) is 5.56 Å². The summed E-state index contributed by atoms with van der Waals surface area (Å²) in [5.74, 6) is 0.582. The van der Waals surface area contributed by atoms with Gasteiger partial charge in [0.25, 0.3) is 5.69 Å². The van der Waals surface area contributed by atoms with Crippen molar-refractivity contribution in [2.45, 2.75) is 6.61 Å². The molecule has 0 bridgehead atoms. The number of rotatable bonds is 9. The van der Waals surface area contributed by atoms with E-state index in [1.54, 1.807) is 0 Å². The number of hydrogen-bond donors (Lipinski definition) is 1. The molecule has 0 amide bonds. The van der Waals surface area contributed by atoms with Crippen molar-refractivity contribution < 1.29 is 24.2 Å². The Morgan fingerprint density at radius 1 is 1.30 bits per heavy atom. The lowest BCUT2D eigenvalue weighted by Gasteiger charge is -2.12. The molecule has 8 heteroatoms. The molecule has 1 N–H and O–H groups in total. The van der Waals surface area contributed by atoms with Gasteiger partial charge in [-0.1, -0.05) is 15.9 Å². The number of hydrogen-bond acceptors (Lipinski definition) is 6. The first kappa shape index (κ1) is 16.7. The molecule has 1 rings (SSSR count). The summed E-state index contributed by atoms with van der Waals surface area (Å²) in [4.78, 5) is 10.3. The summed E-state index contributed by atoms with van der Waals surface area (Å²) in [5, 5.41) is 20.8. The number of nitro groups is 1. The first-order valence-corrected chi connectivity index (χ1v) is 6.98. The van der Waals surface area contributed by atoms with E-state index in [2.05, 4.69) is 15.9 Å². The number of aliphatic hydroxyl groups excluding tert-OH is 1. The Morgan fingerprint density at radius 2 is 2.05 bits per heavy atom. The van der Waals surface area contributed by atoms with Crippen molar-refractivity contribution in [1.82, 2.24) is 0 Å². The van der Waals surface area contributed by atoms with E-state index in [4.69, 9.17) is 19.3 Å². The molecule has 0 aromatic heterocycles. The van der Waals surface area contributed by atoms with E-state index in [0.29, 0.717) is 19.0 Å². The molecule has 1 aromatic rings. The highest BCUT2D eigenvalue weighted by Gasteiger charge is 2.19. The molecule has 1 aromatic carbocycles. The minimum Gasteiger partial charge on any atom is -0.493 e. The number of methoxy groups -OCH3 is 1. The van der Waals surface area contributed by atoms with Gasteiger partial charge in [-0.2, -0.15) is 0 Å². The van der Waals surface area contributed by atoms with Crippen LogP contribution in [-0.2, 0) is 11.3 Å². The zero-order valence-electron chi connectivity index (χ0n) is 11.0. The smallest absolute Gasteiger partial charge is 0.278 e. The van der Waals surface area contributed by atoms with E-state index in [9.17, 15) is 10.1 Å². The Bertz CT molecular complexity index is 454. The van der Waals surface area contributed by atoms with Crippen LogP contribution in [0.3, 0.4) is 0 Å². The topological polar surface area (TPSA) is 91.1 Å². The molecule has 0 unspecified atom stereocenters. The Labute approximate surface area is 124 Å². The second-order valence-corrected chi connectivity index (χ2v) is 4.49. The van der Waals surface area contributed by atoms with Crippen LogP contribution in [0.25, 0.3) is 0 Å². The lowest BCUT2D eigenvalue weighted by molar-refractivity contribution is -0.385. The number of halogens is 1. The van der Waals surface area contributed by atoms with Crippen molar-refractivity contribution in [1.29, 1.82) is 0 Å². The summed E-state index contributed by atoms with van der Waals surface area (Å²) >= 11 is 3.23. The van der Waals surface area contributed by atoms with Crippen LogP contribution >= 0.6 is 15.9 Å². The van der Waals surface area contributed by atoms with E-state index in [1.165, 1.54) is 19.2 Å². The summed E-state index contributed by atoms with van der Waals surface area (Å²) < 4.78 is 15.7. The largest absolute Gasteiger partial charge is 0.493 e. The van der Waals surface area contributed by atoms with Crippen LogP contribution in [0.5, 0.6) is 11.5 Å². The van der Waals surface area contributed by atoms with Gasteiger partial charge in [0.2, 0.25) is 0 Å². The van der Waals surface area contributed by atoms with Crippen LogP contribution in [0, 0.1) is 10.1 Å². The Kier molecular flexibility index (Phi) is 7.27. The van der Waals surface area contributed by atoms with Crippen molar-refractivity contribution in [2.75, 3.05) is 32.3 Å². The highest BCUT2D eigenvalue weighted by molar-refractivity contribution is 9.09. The fourth-order valence-corrected chi connectivity index (χ4v) is 1.76. The molecule has 0 heterocycles. The minimum atomic E-state index is -0.570. The van der Waals surface area contributed by atoms with Crippen molar-refractivity contribution in [3.05, 3.63) is 27.8 Å². The molecule has 0 fully saturated rings. The molecule has 0 saturated heterocycles. The summed E-state index contributed by atoms with van der Waals surface area (Å²) in [7, 11) is 1.43. The zero-order chi connectivity index (χ0) is 15.0. The van der Waals surface area contributed by atoms with Gasteiger partial charge in [0.05, 0.1) is 43.5 Å². The van der Waals surface area contributed by atoms with Gasteiger partial charge in [0, 0.05) is 5.33 Å². The predicted molar refractivity (Wildman–Crippen MR) is 75.7 cm³/mol. The molecule has 0 saturated carbocycles. The fraction of sp³-hybridized carbons (Fsp3) is 0.500. The van der Waals surface area contributed by atoms with E-state index in [-0.39, 0.29) is 23.6 Å². The van der Waals surface area contributed by atoms with Crippen molar-refractivity contribution >= 4 is 21.6 Å². The number of nitrogens with zero attached hydrogens (tertiary/aromatic N) is 1. The van der Waals surface area contributed by atoms with Gasteiger partial charge in [0.1, 0.15) is 6.61 Å². The lowest BCUT2D eigenvalue weighted by Crippen LogP contribution is -2.09. The van der Waals surface area contributed by atoms with E-state index >= 15 is 0 Å². The third-order valence-corrected chi connectivity index (χ3v) is 2.76. The summed E-state index contributed by atoms with van der Waals surface area (Å²) in [6.45, 7) is 0.731. The van der Waals surface area contributed by atoms with Crippen molar-refractivity contribution in [2.24, 2.45) is 0 Å². The van der Waals surface area contributed by atoms with Gasteiger partial charge >= 0.3 is 0 Å². The molecule has 0 aliphatic carbocycles. The maximum atomic E-state index is 10.9. The van der Waals surface area contributed by atoms with E-state index < -0.39 is 11.5 Å². The van der Waals surface area contributed by atoms with Crippen LogP contribution < -0.4 is 9.47 Å². The van der Waals surface area contributed by atoms with Crippen molar-refractivity contribution in [3.63, 3.8) is 0 Å². The van der Waals surface area contributed by atoms with Gasteiger partial charge in [-0.3, -0.25) is 10.1 Å². The standard InChI is InChI=1S/C12H16BrNO6/c1-18-11-6-9(8-15)10(14(16)17)7-12(11)20-5-4-19-3-2-13/h6-7,15H,2-5,8H2,1H3. The first-order chi connectivity index (χ1) is 9.63. The lowest BCUT2D eigenvalue weighted by atomic mass is 10.1. The van der Waals surface area contributed by atoms with Crippen LogP contribution in [0.2, 0.25) is 0 Å². The second-order valence-electron chi connectivity index (χ2n) is 3.70. The number of benzene rings is 1.